The van der Waals surface area contributed by atoms with Crippen molar-refractivity contribution in [2.45, 2.75) is 44.6 Å². The van der Waals surface area contributed by atoms with Gasteiger partial charge in [0.2, 0.25) is 0 Å². The molecule has 1 rings (SSSR count). The van der Waals surface area contributed by atoms with E-state index in [9.17, 15) is 0 Å². The van der Waals surface area contributed by atoms with Gasteiger partial charge in [-0.15, -0.1) is 0 Å². The molecule has 0 atom stereocenters. The summed E-state index contributed by atoms with van der Waals surface area (Å²) in [6.07, 6.45) is 6.23. The van der Waals surface area contributed by atoms with Crippen LogP contribution in [0.25, 0.3) is 0 Å². The third-order valence-electron chi connectivity index (χ3n) is 3.19. The monoisotopic (exact) mass is 194 g/mol. The fourth-order valence-electron chi connectivity index (χ4n) is 2.20. The van der Waals surface area contributed by atoms with Crippen molar-refractivity contribution in [3.63, 3.8) is 0 Å². The van der Waals surface area contributed by atoms with Gasteiger partial charge in [0.25, 0.3) is 0 Å². The Morgan fingerprint density at radius 2 is 1.86 bits per heavy atom. The van der Waals surface area contributed by atoms with Crippen LogP contribution in [0.4, 0.5) is 0 Å². The summed E-state index contributed by atoms with van der Waals surface area (Å²) in [7, 11) is 0. The second-order valence-electron chi connectivity index (χ2n) is 4.36. The number of nitrogens with two attached hydrogens (primary N) is 1. The standard InChI is InChI=1S/C12H22N2/c1-10(2)12(14-11(3)9-13)7-5-4-6-8-12/h14H,1,3-9,13H2,2H3. The van der Waals surface area contributed by atoms with Crippen molar-refractivity contribution in [1.82, 2.24) is 5.32 Å². The molecule has 0 aliphatic heterocycles. The average molecular weight is 194 g/mol. The Kier molecular flexibility index (Phi) is 3.76. The van der Waals surface area contributed by atoms with Gasteiger partial charge in [0.05, 0.1) is 5.54 Å². The molecule has 0 aromatic heterocycles. The number of nitrogens with one attached hydrogen (secondary N) is 1. The van der Waals surface area contributed by atoms with Crippen LogP contribution >= 0.6 is 0 Å². The van der Waals surface area contributed by atoms with E-state index < -0.39 is 0 Å². The lowest BCUT2D eigenvalue weighted by molar-refractivity contribution is 0.294. The Balaban J connectivity index is 2.70. The molecule has 1 aliphatic rings. The average Bonchev–Trinajstić information content (AvgIpc) is 2.19. The third kappa shape index (κ3) is 2.38. The van der Waals surface area contributed by atoms with Crippen LogP contribution in [0.5, 0.6) is 0 Å². The zero-order valence-electron chi connectivity index (χ0n) is 9.23. The smallest absolute Gasteiger partial charge is 0.0577 e. The van der Waals surface area contributed by atoms with Crippen LogP contribution in [0.1, 0.15) is 39.0 Å². The SMILES string of the molecule is C=C(CN)NC1(C(=C)C)CCCCC1. The zero-order valence-corrected chi connectivity index (χ0v) is 9.23. The lowest BCUT2D eigenvalue weighted by Crippen LogP contribution is -2.47. The lowest BCUT2D eigenvalue weighted by Gasteiger charge is -2.40. The molecule has 0 bridgehead atoms. The molecule has 0 aromatic rings. The summed E-state index contributed by atoms with van der Waals surface area (Å²) in [6.45, 7) is 10.6. The maximum Gasteiger partial charge on any atom is 0.0577 e. The Hall–Kier alpha value is -0.760. The highest BCUT2D eigenvalue weighted by Gasteiger charge is 2.32. The first-order valence-corrected chi connectivity index (χ1v) is 5.43. The molecule has 1 saturated carbocycles. The number of hydrogen-bond acceptors (Lipinski definition) is 2. The number of hydrogen-bond donors (Lipinski definition) is 2. The Bertz CT molecular complexity index is 224. The van der Waals surface area contributed by atoms with E-state index in [1.165, 1.54) is 37.7 Å². The van der Waals surface area contributed by atoms with Gasteiger partial charge in [0.15, 0.2) is 0 Å². The van der Waals surface area contributed by atoms with E-state index in [1.54, 1.807) is 0 Å². The molecule has 0 radical (unpaired) electrons. The first-order chi connectivity index (χ1) is 6.60. The van der Waals surface area contributed by atoms with Crippen LogP contribution in [0.15, 0.2) is 24.4 Å². The molecule has 0 heterocycles. The molecule has 80 valence electrons. The Morgan fingerprint density at radius 3 is 2.29 bits per heavy atom. The molecule has 1 aliphatic carbocycles. The molecule has 0 saturated heterocycles. The molecule has 0 amide bonds. The van der Waals surface area contributed by atoms with E-state index in [1.807, 2.05) is 0 Å². The van der Waals surface area contributed by atoms with E-state index in [0.717, 1.165) is 5.70 Å². The Labute approximate surface area is 87.3 Å². The minimum Gasteiger partial charge on any atom is -0.379 e. The number of rotatable bonds is 4. The molecule has 0 aromatic carbocycles. The van der Waals surface area contributed by atoms with E-state index in [2.05, 4.69) is 25.4 Å². The van der Waals surface area contributed by atoms with Crippen LogP contribution in [0, 0.1) is 0 Å². The molecule has 1 fully saturated rings. The topological polar surface area (TPSA) is 38.0 Å². The van der Waals surface area contributed by atoms with E-state index in [4.69, 9.17) is 5.73 Å². The van der Waals surface area contributed by atoms with Crippen molar-refractivity contribution >= 4 is 0 Å². The van der Waals surface area contributed by atoms with Gasteiger partial charge in [-0.2, -0.15) is 0 Å². The van der Waals surface area contributed by atoms with Crippen LogP contribution in [0.3, 0.4) is 0 Å². The molecule has 2 nitrogen and oxygen atoms in total. The van der Waals surface area contributed by atoms with Gasteiger partial charge in [0.1, 0.15) is 0 Å². The molecule has 3 N–H and O–H groups in total. The minimum absolute atomic E-state index is 0.0781. The second-order valence-corrected chi connectivity index (χ2v) is 4.36. The lowest BCUT2D eigenvalue weighted by atomic mass is 9.77. The van der Waals surface area contributed by atoms with Crippen molar-refractivity contribution in [2.75, 3.05) is 6.54 Å². The van der Waals surface area contributed by atoms with Gasteiger partial charge in [0, 0.05) is 12.2 Å². The van der Waals surface area contributed by atoms with Gasteiger partial charge in [-0.1, -0.05) is 38.0 Å². The van der Waals surface area contributed by atoms with Crippen LogP contribution < -0.4 is 11.1 Å². The molecule has 2 heteroatoms. The highest BCUT2D eigenvalue weighted by molar-refractivity contribution is 5.19. The first-order valence-electron chi connectivity index (χ1n) is 5.43. The summed E-state index contributed by atoms with van der Waals surface area (Å²) in [5.41, 5.74) is 7.78. The molecule has 0 unspecified atom stereocenters. The van der Waals surface area contributed by atoms with Crippen molar-refractivity contribution in [3.8, 4) is 0 Å². The quantitative estimate of drug-likeness (QED) is 0.674. The fraction of sp³-hybridized carbons (Fsp3) is 0.667. The highest BCUT2D eigenvalue weighted by Crippen LogP contribution is 2.33. The summed E-state index contributed by atoms with van der Waals surface area (Å²) < 4.78 is 0. The first kappa shape index (κ1) is 11.3. The second kappa shape index (κ2) is 4.65. The van der Waals surface area contributed by atoms with Crippen molar-refractivity contribution in [3.05, 3.63) is 24.4 Å². The van der Waals surface area contributed by atoms with Gasteiger partial charge in [-0.3, -0.25) is 0 Å². The summed E-state index contributed by atoms with van der Waals surface area (Å²) in [5, 5.41) is 3.46. The fourth-order valence-corrected chi connectivity index (χ4v) is 2.20. The summed E-state index contributed by atoms with van der Waals surface area (Å²) in [5.74, 6) is 0. The summed E-state index contributed by atoms with van der Waals surface area (Å²) in [6, 6.07) is 0. The predicted molar refractivity (Wildman–Crippen MR) is 62.0 cm³/mol. The molecular weight excluding hydrogens is 172 g/mol. The maximum absolute atomic E-state index is 5.56. The maximum atomic E-state index is 5.56. The predicted octanol–water partition coefficient (Wildman–Crippen LogP) is 2.33. The van der Waals surface area contributed by atoms with Gasteiger partial charge >= 0.3 is 0 Å². The van der Waals surface area contributed by atoms with Crippen molar-refractivity contribution in [2.24, 2.45) is 5.73 Å². The Morgan fingerprint density at radius 1 is 1.29 bits per heavy atom. The van der Waals surface area contributed by atoms with Crippen molar-refractivity contribution in [1.29, 1.82) is 0 Å². The van der Waals surface area contributed by atoms with Crippen molar-refractivity contribution < 1.29 is 0 Å². The molecular formula is C12H22N2. The zero-order chi connectivity index (χ0) is 10.6. The highest BCUT2D eigenvalue weighted by atomic mass is 15.0. The molecule has 14 heavy (non-hydrogen) atoms. The van der Waals surface area contributed by atoms with Gasteiger partial charge < -0.3 is 11.1 Å². The van der Waals surface area contributed by atoms with Crippen LogP contribution in [-0.4, -0.2) is 12.1 Å². The van der Waals surface area contributed by atoms with Gasteiger partial charge in [-0.25, -0.2) is 0 Å². The summed E-state index contributed by atoms with van der Waals surface area (Å²) in [4.78, 5) is 0. The third-order valence-corrected chi connectivity index (χ3v) is 3.19. The normalized spacial score (nSPS) is 20.1. The summed E-state index contributed by atoms with van der Waals surface area (Å²) >= 11 is 0. The van der Waals surface area contributed by atoms with E-state index >= 15 is 0 Å². The molecule has 0 spiro atoms. The van der Waals surface area contributed by atoms with Crippen LogP contribution in [0.2, 0.25) is 0 Å². The van der Waals surface area contributed by atoms with E-state index in [-0.39, 0.29) is 5.54 Å². The van der Waals surface area contributed by atoms with Crippen LogP contribution in [-0.2, 0) is 0 Å². The minimum atomic E-state index is 0.0781. The van der Waals surface area contributed by atoms with Gasteiger partial charge in [-0.05, 0) is 19.8 Å². The van der Waals surface area contributed by atoms with E-state index in [0.29, 0.717) is 6.54 Å². The largest absolute Gasteiger partial charge is 0.379 e.